The number of hydrogen-bond donors (Lipinski definition) is 1. The SMILES string of the molecule is CC1=C(c2nc(-c3ccccc3)no2)C(c2ccc(C)c(C)c2)NC(=O)N1CCc1cccs1. The molecule has 0 spiro atoms. The third-order valence-corrected chi connectivity index (χ3v) is 7.25. The van der Waals surface area contributed by atoms with Gasteiger partial charge in [0, 0.05) is 22.7 Å². The van der Waals surface area contributed by atoms with Gasteiger partial charge in [-0.1, -0.05) is 59.8 Å². The largest absolute Gasteiger partial charge is 0.334 e. The molecule has 172 valence electrons. The normalized spacial score (nSPS) is 16.1. The van der Waals surface area contributed by atoms with Crippen molar-refractivity contribution in [3.05, 3.63) is 99.2 Å². The molecule has 4 aromatic rings. The second-order valence-electron chi connectivity index (χ2n) is 8.50. The van der Waals surface area contributed by atoms with Crippen LogP contribution in [-0.2, 0) is 6.42 Å². The number of amides is 2. The van der Waals surface area contributed by atoms with Gasteiger partial charge < -0.3 is 9.84 Å². The van der Waals surface area contributed by atoms with Crippen molar-refractivity contribution in [2.45, 2.75) is 33.2 Å². The lowest BCUT2D eigenvalue weighted by Gasteiger charge is -2.35. The molecule has 0 fully saturated rings. The summed E-state index contributed by atoms with van der Waals surface area (Å²) in [6.07, 6.45) is 0.781. The van der Waals surface area contributed by atoms with Gasteiger partial charge in [0.2, 0.25) is 5.82 Å². The third kappa shape index (κ3) is 4.26. The van der Waals surface area contributed by atoms with Crippen LogP contribution < -0.4 is 5.32 Å². The Morgan fingerprint density at radius 3 is 2.59 bits per heavy atom. The Bertz CT molecular complexity index is 1340. The number of aryl methyl sites for hydroxylation is 2. The molecule has 0 radical (unpaired) electrons. The summed E-state index contributed by atoms with van der Waals surface area (Å²) in [4.78, 5) is 21.0. The number of nitrogens with zero attached hydrogens (tertiary/aromatic N) is 3. The summed E-state index contributed by atoms with van der Waals surface area (Å²) in [7, 11) is 0. The van der Waals surface area contributed by atoms with E-state index in [-0.39, 0.29) is 12.1 Å². The quantitative estimate of drug-likeness (QED) is 0.367. The van der Waals surface area contributed by atoms with E-state index in [1.807, 2.05) is 43.3 Å². The summed E-state index contributed by atoms with van der Waals surface area (Å²) in [6, 6.07) is 19.6. The van der Waals surface area contributed by atoms with Crippen molar-refractivity contribution < 1.29 is 9.32 Å². The molecule has 5 rings (SSSR count). The third-order valence-electron chi connectivity index (χ3n) is 6.31. The van der Waals surface area contributed by atoms with Crippen molar-refractivity contribution in [3.8, 4) is 11.4 Å². The van der Waals surface area contributed by atoms with Gasteiger partial charge in [0.1, 0.15) is 0 Å². The highest BCUT2D eigenvalue weighted by Gasteiger charge is 2.35. The van der Waals surface area contributed by atoms with Crippen molar-refractivity contribution in [2.75, 3.05) is 6.54 Å². The molecule has 0 saturated carbocycles. The summed E-state index contributed by atoms with van der Waals surface area (Å²) < 4.78 is 5.77. The Hall–Kier alpha value is -3.71. The number of carbonyl (C=O) groups excluding carboxylic acids is 1. The van der Waals surface area contributed by atoms with Crippen LogP contribution >= 0.6 is 11.3 Å². The fourth-order valence-electron chi connectivity index (χ4n) is 4.24. The number of nitrogens with one attached hydrogen (secondary N) is 1. The van der Waals surface area contributed by atoms with E-state index < -0.39 is 0 Å². The van der Waals surface area contributed by atoms with Gasteiger partial charge >= 0.3 is 6.03 Å². The molecular formula is C27H26N4O2S. The Balaban J connectivity index is 1.57. The minimum atomic E-state index is -0.381. The molecule has 3 heterocycles. The van der Waals surface area contributed by atoms with E-state index in [1.54, 1.807) is 16.2 Å². The Labute approximate surface area is 202 Å². The van der Waals surface area contributed by atoms with Gasteiger partial charge in [-0.3, -0.25) is 4.90 Å². The van der Waals surface area contributed by atoms with Gasteiger partial charge in [0.25, 0.3) is 5.89 Å². The molecule has 1 atom stereocenters. The predicted molar refractivity (Wildman–Crippen MR) is 134 cm³/mol. The van der Waals surface area contributed by atoms with Crippen LogP contribution in [0.25, 0.3) is 17.0 Å². The number of benzene rings is 2. The number of thiophene rings is 1. The molecule has 1 unspecified atom stereocenters. The van der Waals surface area contributed by atoms with Gasteiger partial charge in [-0.25, -0.2) is 4.79 Å². The van der Waals surface area contributed by atoms with Gasteiger partial charge in [0.15, 0.2) is 0 Å². The van der Waals surface area contributed by atoms with Crippen LogP contribution in [0, 0.1) is 13.8 Å². The summed E-state index contributed by atoms with van der Waals surface area (Å²) in [5, 5.41) is 9.48. The molecule has 1 N–H and O–H groups in total. The van der Waals surface area contributed by atoms with Crippen LogP contribution in [0.2, 0.25) is 0 Å². The lowest BCUT2D eigenvalue weighted by molar-refractivity contribution is 0.205. The van der Waals surface area contributed by atoms with Gasteiger partial charge in [-0.2, -0.15) is 4.98 Å². The molecule has 34 heavy (non-hydrogen) atoms. The highest BCUT2D eigenvalue weighted by Crippen LogP contribution is 2.38. The van der Waals surface area contributed by atoms with Crippen molar-refractivity contribution in [3.63, 3.8) is 0 Å². The average molecular weight is 471 g/mol. The van der Waals surface area contributed by atoms with Gasteiger partial charge in [0.05, 0.1) is 11.6 Å². The van der Waals surface area contributed by atoms with Crippen molar-refractivity contribution in [2.24, 2.45) is 0 Å². The topological polar surface area (TPSA) is 71.3 Å². The van der Waals surface area contributed by atoms with E-state index in [0.717, 1.165) is 28.8 Å². The molecule has 0 aliphatic carbocycles. The van der Waals surface area contributed by atoms with Crippen LogP contribution in [-0.4, -0.2) is 27.6 Å². The van der Waals surface area contributed by atoms with Gasteiger partial charge in [-0.05, 0) is 55.3 Å². The maximum atomic E-state index is 13.2. The standard InChI is InChI=1S/C27H26N4O2S/c1-17-11-12-21(16-18(17)2)24-23(26-29-25(30-33-26)20-8-5-4-6-9-20)19(3)31(27(32)28-24)14-13-22-10-7-15-34-22/h4-12,15-16,24H,13-14H2,1-3H3,(H,28,32). The zero-order valence-electron chi connectivity index (χ0n) is 19.4. The van der Waals surface area contributed by atoms with Crippen molar-refractivity contribution in [1.82, 2.24) is 20.4 Å². The molecule has 0 bridgehead atoms. The second-order valence-corrected chi connectivity index (χ2v) is 9.53. The van der Waals surface area contributed by atoms with Crippen LogP contribution in [0.4, 0.5) is 4.79 Å². The number of rotatable bonds is 6. The summed E-state index contributed by atoms with van der Waals surface area (Å²) in [6.45, 7) is 6.69. The minimum Gasteiger partial charge on any atom is -0.334 e. The fraction of sp³-hybridized carbons (Fsp3) is 0.222. The molecular weight excluding hydrogens is 444 g/mol. The van der Waals surface area contributed by atoms with E-state index in [1.165, 1.54) is 16.0 Å². The van der Waals surface area contributed by atoms with Crippen LogP contribution in [0.15, 0.2) is 76.3 Å². The van der Waals surface area contributed by atoms with E-state index in [2.05, 4.69) is 54.0 Å². The monoisotopic (exact) mass is 470 g/mol. The maximum absolute atomic E-state index is 13.2. The van der Waals surface area contributed by atoms with E-state index in [4.69, 9.17) is 9.51 Å². The average Bonchev–Trinajstić information content (AvgIpc) is 3.53. The van der Waals surface area contributed by atoms with E-state index >= 15 is 0 Å². The molecule has 2 aromatic carbocycles. The number of hydrogen-bond acceptors (Lipinski definition) is 5. The second kappa shape index (κ2) is 9.27. The Kier molecular flexibility index (Phi) is 6.02. The first-order valence-corrected chi connectivity index (χ1v) is 12.2. The molecule has 0 saturated heterocycles. The number of allylic oxidation sites excluding steroid dienone is 1. The molecule has 7 heteroatoms. The zero-order chi connectivity index (χ0) is 23.7. The Morgan fingerprint density at radius 1 is 1.03 bits per heavy atom. The lowest BCUT2D eigenvalue weighted by Crippen LogP contribution is -2.46. The molecule has 2 amide bonds. The summed E-state index contributed by atoms with van der Waals surface area (Å²) >= 11 is 1.70. The predicted octanol–water partition coefficient (Wildman–Crippen LogP) is 6.16. The molecule has 1 aliphatic rings. The van der Waals surface area contributed by atoms with Crippen molar-refractivity contribution >= 4 is 22.9 Å². The first-order chi connectivity index (χ1) is 16.5. The van der Waals surface area contributed by atoms with Gasteiger partial charge in [-0.15, -0.1) is 11.3 Å². The van der Waals surface area contributed by atoms with E-state index in [9.17, 15) is 4.79 Å². The fourth-order valence-corrected chi connectivity index (χ4v) is 4.93. The number of aromatic nitrogens is 2. The summed E-state index contributed by atoms with van der Waals surface area (Å²) in [5.41, 5.74) is 5.89. The highest BCUT2D eigenvalue weighted by molar-refractivity contribution is 7.09. The number of urea groups is 1. The lowest BCUT2D eigenvalue weighted by atomic mass is 9.92. The van der Waals surface area contributed by atoms with Crippen LogP contribution in [0.3, 0.4) is 0 Å². The van der Waals surface area contributed by atoms with Crippen molar-refractivity contribution in [1.29, 1.82) is 0 Å². The smallest absolute Gasteiger partial charge is 0.322 e. The zero-order valence-corrected chi connectivity index (χ0v) is 20.2. The highest BCUT2D eigenvalue weighted by atomic mass is 32.1. The van der Waals surface area contributed by atoms with Crippen LogP contribution in [0.1, 0.15) is 40.4 Å². The maximum Gasteiger partial charge on any atom is 0.322 e. The summed E-state index contributed by atoms with van der Waals surface area (Å²) in [5.74, 6) is 0.942. The van der Waals surface area contributed by atoms with E-state index in [0.29, 0.717) is 18.3 Å². The molecule has 1 aliphatic heterocycles. The van der Waals surface area contributed by atoms with Crippen LogP contribution in [0.5, 0.6) is 0 Å². The molecule has 2 aromatic heterocycles. The first kappa shape index (κ1) is 22.1. The molecule has 6 nitrogen and oxygen atoms in total. The number of carbonyl (C=O) groups is 1. The Morgan fingerprint density at radius 2 is 1.85 bits per heavy atom. The first-order valence-electron chi connectivity index (χ1n) is 11.3. The minimum absolute atomic E-state index is 0.121.